The normalized spacial score (nSPS) is 11.1. The summed E-state index contributed by atoms with van der Waals surface area (Å²) < 4.78 is 1.68. The lowest BCUT2D eigenvalue weighted by atomic mass is 10.2. The van der Waals surface area contributed by atoms with Gasteiger partial charge in [0, 0.05) is 4.88 Å². The first kappa shape index (κ1) is 12.1. The third kappa shape index (κ3) is 2.08. The number of aryl methyl sites for hydroxylation is 2. The molecule has 3 aromatic rings. The number of thiophene rings is 1. The van der Waals surface area contributed by atoms with E-state index in [0.717, 1.165) is 26.2 Å². The van der Waals surface area contributed by atoms with Crippen molar-refractivity contribution in [1.29, 1.82) is 0 Å². The lowest BCUT2D eigenvalue weighted by Gasteiger charge is -2.05. The van der Waals surface area contributed by atoms with Crippen molar-refractivity contribution in [3.05, 3.63) is 63.0 Å². The molecule has 0 unspecified atom stereocenters. The summed E-state index contributed by atoms with van der Waals surface area (Å²) in [7, 11) is 0. The van der Waals surface area contributed by atoms with Gasteiger partial charge in [-0.15, -0.1) is 11.3 Å². The first-order valence-electron chi connectivity index (χ1n) is 6.16. The van der Waals surface area contributed by atoms with Crippen LogP contribution in [0.4, 0.5) is 0 Å². The molecule has 3 nitrogen and oxygen atoms in total. The van der Waals surface area contributed by atoms with Gasteiger partial charge in [-0.3, -0.25) is 9.36 Å². The molecule has 0 atom stereocenters. The summed E-state index contributed by atoms with van der Waals surface area (Å²) in [4.78, 5) is 18.9. The number of hydrogen-bond donors (Lipinski definition) is 0. The molecule has 0 aliphatic rings. The molecule has 3 rings (SSSR count). The van der Waals surface area contributed by atoms with Crippen molar-refractivity contribution in [2.45, 2.75) is 20.4 Å². The van der Waals surface area contributed by atoms with Gasteiger partial charge in [0.05, 0.1) is 18.3 Å². The fraction of sp³-hybridized carbons (Fsp3) is 0.200. The maximum atomic E-state index is 12.5. The van der Waals surface area contributed by atoms with Gasteiger partial charge in [-0.25, -0.2) is 4.98 Å². The molecule has 0 spiro atoms. The lowest BCUT2D eigenvalue weighted by molar-refractivity contribution is 0.749. The van der Waals surface area contributed by atoms with E-state index in [4.69, 9.17) is 0 Å². The minimum absolute atomic E-state index is 0.0516. The van der Waals surface area contributed by atoms with E-state index in [1.807, 2.05) is 44.2 Å². The SMILES string of the molecule is Cc1sc2ncn(Cc3ccccc3)c(=O)c2c1C. The first-order chi connectivity index (χ1) is 9.16. The molecular formula is C15H14N2OS. The molecule has 2 heterocycles. The van der Waals surface area contributed by atoms with Gasteiger partial charge in [0.15, 0.2) is 0 Å². The summed E-state index contributed by atoms with van der Waals surface area (Å²) in [5, 5.41) is 0.765. The van der Waals surface area contributed by atoms with Crippen LogP contribution < -0.4 is 5.56 Å². The molecular weight excluding hydrogens is 256 g/mol. The van der Waals surface area contributed by atoms with Gasteiger partial charge in [-0.05, 0) is 25.0 Å². The molecule has 0 fully saturated rings. The zero-order valence-corrected chi connectivity index (χ0v) is 11.7. The molecule has 0 aliphatic heterocycles. The summed E-state index contributed by atoms with van der Waals surface area (Å²) in [6.45, 7) is 4.59. The van der Waals surface area contributed by atoms with Crippen molar-refractivity contribution in [2.24, 2.45) is 0 Å². The van der Waals surface area contributed by atoms with Gasteiger partial charge in [0.1, 0.15) is 4.83 Å². The zero-order valence-electron chi connectivity index (χ0n) is 10.9. The highest BCUT2D eigenvalue weighted by Gasteiger charge is 2.11. The molecule has 0 aliphatic carbocycles. The Morgan fingerprint density at radius 2 is 1.95 bits per heavy atom. The number of hydrogen-bond acceptors (Lipinski definition) is 3. The number of rotatable bonds is 2. The molecule has 96 valence electrons. The molecule has 1 aromatic carbocycles. The van der Waals surface area contributed by atoms with Crippen LogP contribution in [-0.2, 0) is 6.54 Å². The Morgan fingerprint density at radius 1 is 1.21 bits per heavy atom. The van der Waals surface area contributed by atoms with E-state index >= 15 is 0 Å². The van der Waals surface area contributed by atoms with Crippen molar-refractivity contribution in [1.82, 2.24) is 9.55 Å². The van der Waals surface area contributed by atoms with Crippen LogP contribution in [0, 0.1) is 13.8 Å². The highest BCUT2D eigenvalue weighted by Crippen LogP contribution is 2.25. The van der Waals surface area contributed by atoms with Crippen molar-refractivity contribution >= 4 is 21.6 Å². The van der Waals surface area contributed by atoms with E-state index in [1.165, 1.54) is 0 Å². The van der Waals surface area contributed by atoms with Crippen LogP contribution in [0.2, 0.25) is 0 Å². The van der Waals surface area contributed by atoms with E-state index in [2.05, 4.69) is 4.98 Å². The van der Waals surface area contributed by atoms with E-state index < -0.39 is 0 Å². The monoisotopic (exact) mass is 270 g/mol. The van der Waals surface area contributed by atoms with Crippen molar-refractivity contribution < 1.29 is 0 Å². The number of nitrogens with zero attached hydrogens (tertiary/aromatic N) is 2. The second kappa shape index (κ2) is 4.63. The van der Waals surface area contributed by atoms with E-state index in [9.17, 15) is 4.79 Å². The summed E-state index contributed by atoms with van der Waals surface area (Å²) in [6, 6.07) is 9.96. The molecule has 0 saturated carbocycles. The quantitative estimate of drug-likeness (QED) is 0.717. The van der Waals surface area contributed by atoms with E-state index in [0.29, 0.717) is 6.54 Å². The van der Waals surface area contributed by atoms with Crippen LogP contribution in [0.15, 0.2) is 41.5 Å². The Labute approximate surface area is 115 Å². The molecule has 19 heavy (non-hydrogen) atoms. The van der Waals surface area contributed by atoms with Gasteiger partial charge in [-0.1, -0.05) is 30.3 Å². The van der Waals surface area contributed by atoms with Crippen LogP contribution in [0.1, 0.15) is 16.0 Å². The molecule has 2 aromatic heterocycles. The fourth-order valence-corrected chi connectivity index (χ4v) is 3.15. The highest BCUT2D eigenvalue weighted by molar-refractivity contribution is 7.18. The summed E-state index contributed by atoms with van der Waals surface area (Å²) >= 11 is 1.58. The second-order valence-electron chi connectivity index (χ2n) is 4.63. The molecule has 0 N–H and O–H groups in total. The molecule has 0 saturated heterocycles. The van der Waals surface area contributed by atoms with E-state index in [1.54, 1.807) is 22.2 Å². The summed E-state index contributed by atoms with van der Waals surface area (Å²) in [6.07, 6.45) is 1.65. The second-order valence-corrected chi connectivity index (χ2v) is 5.83. The van der Waals surface area contributed by atoms with Gasteiger partial charge >= 0.3 is 0 Å². The molecule has 0 amide bonds. The Kier molecular flexibility index (Phi) is 2.95. The van der Waals surface area contributed by atoms with Crippen LogP contribution >= 0.6 is 11.3 Å². The molecule has 0 radical (unpaired) electrons. The average molecular weight is 270 g/mol. The zero-order chi connectivity index (χ0) is 13.4. The van der Waals surface area contributed by atoms with Crippen LogP contribution in [0.5, 0.6) is 0 Å². The third-order valence-corrected chi connectivity index (χ3v) is 4.47. The Morgan fingerprint density at radius 3 is 2.68 bits per heavy atom. The number of benzene rings is 1. The number of fused-ring (bicyclic) bond motifs is 1. The average Bonchev–Trinajstić information content (AvgIpc) is 2.71. The van der Waals surface area contributed by atoms with E-state index in [-0.39, 0.29) is 5.56 Å². The summed E-state index contributed by atoms with van der Waals surface area (Å²) in [5.74, 6) is 0. The van der Waals surface area contributed by atoms with Crippen molar-refractivity contribution in [3.63, 3.8) is 0 Å². The van der Waals surface area contributed by atoms with Gasteiger partial charge < -0.3 is 0 Å². The Hall–Kier alpha value is -1.94. The van der Waals surface area contributed by atoms with Crippen LogP contribution in [0.3, 0.4) is 0 Å². The van der Waals surface area contributed by atoms with Crippen molar-refractivity contribution in [3.8, 4) is 0 Å². The lowest BCUT2D eigenvalue weighted by Crippen LogP contribution is -2.21. The van der Waals surface area contributed by atoms with Crippen LogP contribution in [-0.4, -0.2) is 9.55 Å². The Bertz CT molecular complexity index is 787. The van der Waals surface area contributed by atoms with Gasteiger partial charge in [0.2, 0.25) is 0 Å². The fourth-order valence-electron chi connectivity index (χ4n) is 2.16. The largest absolute Gasteiger partial charge is 0.294 e. The maximum Gasteiger partial charge on any atom is 0.262 e. The predicted molar refractivity (Wildman–Crippen MR) is 78.9 cm³/mol. The first-order valence-corrected chi connectivity index (χ1v) is 6.97. The Balaban J connectivity index is 2.13. The van der Waals surface area contributed by atoms with Crippen molar-refractivity contribution in [2.75, 3.05) is 0 Å². The molecule has 0 bridgehead atoms. The summed E-state index contributed by atoms with van der Waals surface area (Å²) in [5.41, 5.74) is 2.21. The minimum atomic E-state index is 0.0516. The smallest absolute Gasteiger partial charge is 0.262 e. The van der Waals surface area contributed by atoms with Gasteiger partial charge in [-0.2, -0.15) is 0 Å². The maximum absolute atomic E-state index is 12.5. The topological polar surface area (TPSA) is 34.9 Å². The van der Waals surface area contributed by atoms with Crippen LogP contribution in [0.25, 0.3) is 10.2 Å². The molecule has 4 heteroatoms. The van der Waals surface area contributed by atoms with Gasteiger partial charge in [0.25, 0.3) is 5.56 Å². The predicted octanol–water partition coefficient (Wildman–Crippen LogP) is 3.12. The minimum Gasteiger partial charge on any atom is -0.294 e. The standard InChI is InChI=1S/C15H14N2OS/c1-10-11(2)19-14-13(10)15(18)17(9-16-14)8-12-6-4-3-5-7-12/h3-7,9H,8H2,1-2H3. The highest BCUT2D eigenvalue weighted by atomic mass is 32.1. The number of aromatic nitrogens is 2. The third-order valence-electron chi connectivity index (χ3n) is 3.35.